The quantitative estimate of drug-likeness (QED) is 0.706. The molecule has 2 aliphatic rings. The molecule has 1 N–H and O–H groups in total. The van der Waals surface area contributed by atoms with Crippen molar-refractivity contribution < 1.29 is 0 Å². The maximum absolute atomic E-state index is 4.38. The van der Waals surface area contributed by atoms with Gasteiger partial charge in [-0.2, -0.15) is 0 Å². The lowest BCUT2D eigenvalue weighted by Gasteiger charge is -2.37. The van der Waals surface area contributed by atoms with Crippen LogP contribution in [0.1, 0.15) is 61.6 Å². The molecular weight excluding hydrogens is 352 g/mol. The molecule has 1 saturated carbocycles. The summed E-state index contributed by atoms with van der Waals surface area (Å²) in [5.74, 6) is 6.47. The highest BCUT2D eigenvalue weighted by Gasteiger charge is 2.23. The Hall–Kier alpha value is -2.50. The van der Waals surface area contributed by atoms with Crippen LogP contribution in [-0.4, -0.2) is 30.1 Å². The van der Waals surface area contributed by atoms with E-state index in [-0.39, 0.29) is 0 Å². The summed E-state index contributed by atoms with van der Waals surface area (Å²) in [5.41, 5.74) is 4.43. The maximum Gasteiger partial charge on any atom is 0.0366 e. The van der Waals surface area contributed by atoms with E-state index in [0.29, 0.717) is 6.04 Å². The molecule has 2 fully saturated rings. The van der Waals surface area contributed by atoms with Crippen LogP contribution in [0.15, 0.2) is 61.2 Å². The van der Waals surface area contributed by atoms with Crippen LogP contribution >= 0.6 is 0 Å². The predicted molar refractivity (Wildman–Crippen MR) is 123 cm³/mol. The molecule has 1 aliphatic carbocycles. The third kappa shape index (κ3) is 5.52. The van der Waals surface area contributed by atoms with Gasteiger partial charge in [0.1, 0.15) is 0 Å². The van der Waals surface area contributed by atoms with Crippen molar-refractivity contribution in [3.8, 4) is 11.8 Å². The summed E-state index contributed by atoms with van der Waals surface area (Å²) >= 11 is 0. The third-order valence-electron chi connectivity index (χ3n) is 6.30. The zero-order valence-electron chi connectivity index (χ0n) is 17.4. The van der Waals surface area contributed by atoms with Crippen LogP contribution in [0, 0.1) is 11.8 Å². The number of nitrogens with zero attached hydrogens (tertiary/aromatic N) is 1. The second-order valence-corrected chi connectivity index (χ2v) is 8.40. The highest BCUT2D eigenvalue weighted by Crippen LogP contribution is 2.24. The Morgan fingerprint density at radius 3 is 2.00 bits per heavy atom. The van der Waals surface area contributed by atoms with Crippen LogP contribution in [0.3, 0.4) is 0 Å². The molecule has 2 nitrogen and oxygen atoms in total. The Bertz CT molecular complexity index is 843. The SMILES string of the molecule is C=C(c1ccc(C#Cc2ccccc2)cc1)N1CCC(NC2CCCCC2)CC1. The van der Waals surface area contributed by atoms with Gasteiger partial charge in [0.15, 0.2) is 0 Å². The molecule has 0 radical (unpaired) electrons. The Kier molecular flexibility index (Phi) is 6.70. The van der Waals surface area contributed by atoms with Gasteiger partial charge in [-0.15, -0.1) is 0 Å². The van der Waals surface area contributed by atoms with Crippen LogP contribution < -0.4 is 5.32 Å². The first kappa shape index (κ1) is 19.8. The van der Waals surface area contributed by atoms with Gasteiger partial charge in [-0.05, 0) is 55.5 Å². The van der Waals surface area contributed by atoms with E-state index >= 15 is 0 Å². The van der Waals surface area contributed by atoms with Gasteiger partial charge in [0.05, 0.1) is 0 Å². The lowest BCUT2D eigenvalue weighted by Crippen LogP contribution is -2.46. The minimum atomic E-state index is 0.679. The van der Waals surface area contributed by atoms with Gasteiger partial charge < -0.3 is 10.2 Å². The van der Waals surface area contributed by atoms with Crippen molar-refractivity contribution in [3.05, 3.63) is 77.9 Å². The van der Waals surface area contributed by atoms with Gasteiger partial charge in [0, 0.05) is 42.0 Å². The standard InChI is InChI=1S/C27H32N2/c1-22(29-20-18-27(19-21-29)28-26-10-6-3-7-11-26)25-16-14-24(15-17-25)13-12-23-8-4-2-5-9-23/h2,4-5,8-9,14-17,26-28H,1,3,6-7,10-11,18-21H2. The molecule has 2 aromatic rings. The van der Waals surface area contributed by atoms with Crippen molar-refractivity contribution in [1.82, 2.24) is 10.2 Å². The second-order valence-electron chi connectivity index (χ2n) is 8.40. The highest BCUT2D eigenvalue weighted by atomic mass is 15.2. The predicted octanol–water partition coefficient (Wildman–Crippen LogP) is 5.44. The molecule has 29 heavy (non-hydrogen) atoms. The van der Waals surface area contributed by atoms with Gasteiger partial charge in [0.2, 0.25) is 0 Å². The van der Waals surface area contributed by atoms with Crippen LogP contribution in [0.4, 0.5) is 0 Å². The first-order chi connectivity index (χ1) is 14.3. The lowest BCUT2D eigenvalue weighted by atomic mass is 9.93. The fourth-order valence-electron chi connectivity index (χ4n) is 4.51. The fraction of sp³-hybridized carbons (Fsp3) is 0.407. The van der Waals surface area contributed by atoms with Crippen LogP contribution in [0.2, 0.25) is 0 Å². The zero-order valence-corrected chi connectivity index (χ0v) is 17.4. The summed E-state index contributed by atoms with van der Waals surface area (Å²) in [6.45, 7) is 6.57. The van der Waals surface area contributed by atoms with Crippen molar-refractivity contribution in [2.45, 2.75) is 57.0 Å². The van der Waals surface area contributed by atoms with Crippen LogP contribution in [0.25, 0.3) is 5.70 Å². The van der Waals surface area contributed by atoms with E-state index in [4.69, 9.17) is 0 Å². The topological polar surface area (TPSA) is 15.3 Å². The minimum Gasteiger partial charge on any atom is -0.371 e. The Labute approximate surface area is 176 Å². The van der Waals surface area contributed by atoms with Gasteiger partial charge >= 0.3 is 0 Å². The summed E-state index contributed by atoms with van der Waals surface area (Å²) in [7, 11) is 0. The smallest absolute Gasteiger partial charge is 0.0366 e. The van der Waals surface area contributed by atoms with Crippen molar-refractivity contribution in [3.63, 3.8) is 0 Å². The molecule has 1 aliphatic heterocycles. The summed E-state index contributed by atoms with van der Waals surface area (Å²) in [4.78, 5) is 2.45. The Morgan fingerprint density at radius 1 is 0.759 bits per heavy atom. The molecule has 150 valence electrons. The minimum absolute atomic E-state index is 0.679. The van der Waals surface area contributed by atoms with Gasteiger partial charge in [-0.1, -0.05) is 68.0 Å². The summed E-state index contributed by atoms with van der Waals surface area (Å²) in [5, 5.41) is 3.92. The maximum atomic E-state index is 4.38. The van der Waals surface area contributed by atoms with E-state index in [0.717, 1.165) is 36.0 Å². The molecule has 1 heterocycles. The largest absolute Gasteiger partial charge is 0.371 e. The van der Waals surface area contributed by atoms with E-state index in [1.165, 1.54) is 50.5 Å². The van der Waals surface area contributed by atoms with E-state index < -0.39 is 0 Å². The lowest BCUT2D eigenvalue weighted by molar-refractivity contribution is 0.239. The van der Waals surface area contributed by atoms with Gasteiger partial charge in [-0.3, -0.25) is 0 Å². The number of rotatable bonds is 4. The molecule has 1 saturated heterocycles. The van der Waals surface area contributed by atoms with Crippen LogP contribution in [-0.2, 0) is 0 Å². The summed E-state index contributed by atoms with van der Waals surface area (Å²) in [6, 6.07) is 20.1. The molecule has 0 aromatic heterocycles. The van der Waals surface area contributed by atoms with Crippen molar-refractivity contribution in [2.75, 3.05) is 13.1 Å². The zero-order chi connectivity index (χ0) is 19.9. The summed E-state index contributed by atoms with van der Waals surface area (Å²) in [6.07, 6.45) is 9.40. The number of nitrogens with one attached hydrogen (secondary N) is 1. The molecule has 4 rings (SSSR count). The van der Waals surface area contributed by atoms with Crippen molar-refractivity contribution in [1.29, 1.82) is 0 Å². The second kappa shape index (κ2) is 9.81. The molecule has 0 spiro atoms. The molecule has 2 heteroatoms. The van der Waals surface area contributed by atoms with E-state index in [2.05, 4.69) is 52.9 Å². The van der Waals surface area contributed by atoms with E-state index in [9.17, 15) is 0 Å². The average molecular weight is 385 g/mol. The molecule has 2 aromatic carbocycles. The van der Waals surface area contributed by atoms with Gasteiger partial charge in [0.25, 0.3) is 0 Å². The number of piperidine rings is 1. The number of hydrogen-bond acceptors (Lipinski definition) is 2. The summed E-state index contributed by atoms with van der Waals surface area (Å²) < 4.78 is 0. The average Bonchev–Trinajstić information content (AvgIpc) is 2.79. The molecular formula is C27H32N2. The van der Waals surface area contributed by atoms with Crippen LogP contribution in [0.5, 0.6) is 0 Å². The van der Waals surface area contributed by atoms with Crippen molar-refractivity contribution >= 4 is 5.70 Å². The Morgan fingerprint density at radius 2 is 1.34 bits per heavy atom. The first-order valence-electron chi connectivity index (χ1n) is 11.2. The number of likely N-dealkylation sites (tertiary alicyclic amines) is 1. The number of benzene rings is 2. The molecule has 0 amide bonds. The molecule has 0 bridgehead atoms. The monoisotopic (exact) mass is 384 g/mol. The third-order valence-corrected chi connectivity index (χ3v) is 6.30. The van der Waals surface area contributed by atoms with E-state index in [1.807, 2.05) is 30.3 Å². The molecule has 0 unspecified atom stereocenters. The van der Waals surface area contributed by atoms with Crippen molar-refractivity contribution in [2.24, 2.45) is 0 Å². The molecule has 0 atom stereocenters. The first-order valence-corrected chi connectivity index (χ1v) is 11.2. The van der Waals surface area contributed by atoms with E-state index in [1.54, 1.807) is 0 Å². The Balaban J connectivity index is 1.29. The normalized spacial score (nSPS) is 18.1. The fourth-order valence-corrected chi connectivity index (χ4v) is 4.51. The van der Waals surface area contributed by atoms with Gasteiger partial charge in [-0.25, -0.2) is 0 Å². The number of hydrogen-bond donors (Lipinski definition) is 1. The highest BCUT2D eigenvalue weighted by molar-refractivity contribution is 5.63.